The number of nitrogens with zero attached hydrogens (tertiary/aromatic N) is 2. The van der Waals surface area contributed by atoms with Gasteiger partial charge in [-0.05, 0) is 12.1 Å². The first kappa shape index (κ1) is 10.6. The van der Waals surface area contributed by atoms with Crippen LogP contribution in [0.25, 0.3) is 0 Å². The second-order valence-corrected chi connectivity index (χ2v) is 3.79. The van der Waals surface area contributed by atoms with Gasteiger partial charge in [-0.1, -0.05) is 0 Å². The molecular formula is C10H9N3O2S. The van der Waals surface area contributed by atoms with Crippen LogP contribution in [0.2, 0.25) is 0 Å². The summed E-state index contributed by atoms with van der Waals surface area (Å²) >= 11 is 1.54. The molecule has 5 nitrogen and oxygen atoms in total. The maximum absolute atomic E-state index is 10.6. The molecule has 2 heterocycles. The van der Waals surface area contributed by atoms with Crippen molar-refractivity contribution < 1.29 is 9.90 Å². The Labute approximate surface area is 95.8 Å². The Hall–Kier alpha value is -1.95. The monoisotopic (exact) mass is 235 g/mol. The predicted octanol–water partition coefficient (Wildman–Crippen LogP) is 1.85. The number of aromatic nitrogens is 2. The Bertz CT molecular complexity index is 467. The second-order valence-electron chi connectivity index (χ2n) is 3.07. The minimum atomic E-state index is -1.02. The smallest absolute Gasteiger partial charge is 0.354 e. The third kappa shape index (κ3) is 2.54. The van der Waals surface area contributed by atoms with Gasteiger partial charge in [0.05, 0.1) is 29.6 Å². The summed E-state index contributed by atoms with van der Waals surface area (Å²) in [5, 5.41) is 13.7. The number of hydrogen-bond acceptors (Lipinski definition) is 5. The van der Waals surface area contributed by atoms with Crippen molar-refractivity contribution in [3.8, 4) is 0 Å². The number of nitrogens with one attached hydrogen (secondary N) is 1. The van der Waals surface area contributed by atoms with Crippen LogP contribution in [0.15, 0.2) is 29.2 Å². The van der Waals surface area contributed by atoms with Crippen molar-refractivity contribution in [1.82, 2.24) is 9.97 Å². The van der Waals surface area contributed by atoms with E-state index in [-0.39, 0.29) is 5.69 Å². The maximum Gasteiger partial charge on any atom is 0.354 e. The summed E-state index contributed by atoms with van der Waals surface area (Å²) < 4.78 is 0. The third-order valence-electron chi connectivity index (χ3n) is 1.94. The number of carbonyl (C=O) groups is 1. The molecule has 2 rings (SSSR count). The van der Waals surface area contributed by atoms with Gasteiger partial charge in [0.15, 0.2) is 0 Å². The average molecular weight is 235 g/mol. The number of thiazole rings is 1. The van der Waals surface area contributed by atoms with Crippen molar-refractivity contribution in [3.63, 3.8) is 0 Å². The van der Waals surface area contributed by atoms with Gasteiger partial charge in [-0.3, -0.25) is 0 Å². The average Bonchev–Trinajstić information content (AvgIpc) is 2.80. The van der Waals surface area contributed by atoms with Gasteiger partial charge in [0.1, 0.15) is 5.69 Å². The number of rotatable bonds is 4. The lowest BCUT2D eigenvalue weighted by molar-refractivity contribution is 0.0690. The number of carboxylic acids is 1. The molecule has 16 heavy (non-hydrogen) atoms. The molecule has 2 aromatic heterocycles. The molecule has 0 atom stereocenters. The van der Waals surface area contributed by atoms with E-state index >= 15 is 0 Å². The zero-order valence-electron chi connectivity index (χ0n) is 8.25. The van der Waals surface area contributed by atoms with Crippen LogP contribution >= 0.6 is 11.3 Å². The van der Waals surface area contributed by atoms with Crippen LogP contribution in [0, 0.1) is 0 Å². The SMILES string of the molecule is O=C(O)c1ccc(NCc2cscn2)cn1. The first-order chi connectivity index (χ1) is 7.75. The molecule has 0 amide bonds. The third-order valence-corrected chi connectivity index (χ3v) is 2.57. The van der Waals surface area contributed by atoms with Crippen LogP contribution in [0.3, 0.4) is 0 Å². The van der Waals surface area contributed by atoms with Crippen LogP contribution in [0.4, 0.5) is 5.69 Å². The van der Waals surface area contributed by atoms with Gasteiger partial charge in [-0.25, -0.2) is 14.8 Å². The predicted molar refractivity (Wildman–Crippen MR) is 60.6 cm³/mol. The Morgan fingerprint density at radius 3 is 2.88 bits per heavy atom. The zero-order chi connectivity index (χ0) is 11.4. The van der Waals surface area contributed by atoms with E-state index in [0.29, 0.717) is 6.54 Å². The van der Waals surface area contributed by atoms with E-state index in [4.69, 9.17) is 5.11 Å². The number of pyridine rings is 1. The second kappa shape index (κ2) is 4.71. The Kier molecular flexibility index (Phi) is 3.11. The Balaban J connectivity index is 1.98. The normalized spacial score (nSPS) is 10.0. The van der Waals surface area contributed by atoms with E-state index < -0.39 is 5.97 Å². The quantitative estimate of drug-likeness (QED) is 0.845. The summed E-state index contributed by atoms with van der Waals surface area (Å²) in [6, 6.07) is 3.15. The highest BCUT2D eigenvalue weighted by Gasteiger charge is 2.03. The molecule has 82 valence electrons. The summed E-state index contributed by atoms with van der Waals surface area (Å²) in [6.45, 7) is 0.609. The van der Waals surface area contributed by atoms with Crippen molar-refractivity contribution in [3.05, 3.63) is 40.6 Å². The molecule has 0 saturated carbocycles. The summed E-state index contributed by atoms with van der Waals surface area (Å²) in [6.07, 6.45) is 1.50. The maximum atomic E-state index is 10.6. The zero-order valence-corrected chi connectivity index (χ0v) is 9.07. The molecular weight excluding hydrogens is 226 g/mol. The summed E-state index contributed by atoms with van der Waals surface area (Å²) in [7, 11) is 0. The molecule has 0 radical (unpaired) electrons. The van der Waals surface area contributed by atoms with E-state index in [9.17, 15) is 4.79 Å². The highest BCUT2D eigenvalue weighted by atomic mass is 32.1. The van der Waals surface area contributed by atoms with Crippen LogP contribution in [0.5, 0.6) is 0 Å². The van der Waals surface area contributed by atoms with Gasteiger partial charge in [-0.15, -0.1) is 11.3 Å². The highest BCUT2D eigenvalue weighted by Crippen LogP contribution is 2.09. The number of aromatic carboxylic acids is 1. The lowest BCUT2D eigenvalue weighted by Crippen LogP contribution is -2.03. The molecule has 0 aliphatic rings. The van der Waals surface area contributed by atoms with E-state index in [1.54, 1.807) is 11.6 Å². The fraction of sp³-hybridized carbons (Fsp3) is 0.100. The minimum absolute atomic E-state index is 0.0409. The summed E-state index contributed by atoms with van der Waals surface area (Å²) in [5.41, 5.74) is 3.53. The topological polar surface area (TPSA) is 75.1 Å². The fourth-order valence-corrected chi connectivity index (χ4v) is 1.70. The standard InChI is InChI=1S/C10H9N3O2S/c14-10(15)9-2-1-7(3-12-9)11-4-8-5-16-6-13-8/h1-3,5-6,11H,4H2,(H,14,15). The lowest BCUT2D eigenvalue weighted by Gasteiger charge is -2.03. The molecule has 0 unspecified atom stereocenters. The first-order valence-electron chi connectivity index (χ1n) is 4.56. The highest BCUT2D eigenvalue weighted by molar-refractivity contribution is 7.07. The number of carboxylic acid groups (broad SMARTS) is 1. The molecule has 0 fully saturated rings. The van der Waals surface area contributed by atoms with Gasteiger partial charge in [-0.2, -0.15) is 0 Å². The molecule has 0 aromatic carbocycles. The van der Waals surface area contributed by atoms with Gasteiger partial charge in [0.2, 0.25) is 0 Å². The van der Waals surface area contributed by atoms with Crippen molar-refractivity contribution in [2.75, 3.05) is 5.32 Å². The summed E-state index contributed by atoms with van der Waals surface area (Å²) in [4.78, 5) is 18.5. The minimum Gasteiger partial charge on any atom is -0.477 e. The molecule has 0 aliphatic heterocycles. The Morgan fingerprint density at radius 2 is 2.31 bits per heavy atom. The number of anilines is 1. The van der Waals surface area contributed by atoms with E-state index in [2.05, 4.69) is 15.3 Å². The largest absolute Gasteiger partial charge is 0.477 e. The van der Waals surface area contributed by atoms with Gasteiger partial charge < -0.3 is 10.4 Å². The van der Waals surface area contributed by atoms with Crippen LogP contribution in [-0.4, -0.2) is 21.0 Å². The van der Waals surface area contributed by atoms with E-state index in [0.717, 1.165) is 11.4 Å². The lowest BCUT2D eigenvalue weighted by atomic mass is 10.3. The van der Waals surface area contributed by atoms with Crippen molar-refractivity contribution in [1.29, 1.82) is 0 Å². The van der Waals surface area contributed by atoms with Crippen molar-refractivity contribution in [2.24, 2.45) is 0 Å². The van der Waals surface area contributed by atoms with Gasteiger partial charge >= 0.3 is 5.97 Å². The summed E-state index contributed by atoms with van der Waals surface area (Å²) in [5.74, 6) is -1.02. The molecule has 0 bridgehead atoms. The molecule has 0 aliphatic carbocycles. The van der Waals surface area contributed by atoms with E-state index in [1.165, 1.54) is 23.6 Å². The van der Waals surface area contributed by atoms with Crippen LogP contribution in [-0.2, 0) is 6.54 Å². The molecule has 6 heteroatoms. The molecule has 0 spiro atoms. The van der Waals surface area contributed by atoms with Crippen molar-refractivity contribution >= 4 is 23.0 Å². The van der Waals surface area contributed by atoms with Gasteiger partial charge in [0.25, 0.3) is 0 Å². The first-order valence-corrected chi connectivity index (χ1v) is 5.50. The fourth-order valence-electron chi connectivity index (χ4n) is 1.14. The van der Waals surface area contributed by atoms with Crippen LogP contribution < -0.4 is 5.32 Å². The molecule has 2 aromatic rings. The van der Waals surface area contributed by atoms with Gasteiger partial charge in [0, 0.05) is 5.38 Å². The Morgan fingerprint density at radius 1 is 1.44 bits per heavy atom. The van der Waals surface area contributed by atoms with Crippen LogP contribution in [0.1, 0.15) is 16.2 Å². The molecule has 2 N–H and O–H groups in total. The van der Waals surface area contributed by atoms with E-state index in [1.807, 2.05) is 5.38 Å². The van der Waals surface area contributed by atoms with Crippen molar-refractivity contribution in [2.45, 2.75) is 6.54 Å². The molecule has 0 saturated heterocycles. The number of hydrogen-bond donors (Lipinski definition) is 2.